The molecule has 0 aliphatic carbocycles. The summed E-state index contributed by atoms with van der Waals surface area (Å²) in [5.74, 6) is 1.10. The van der Waals surface area contributed by atoms with Gasteiger partial charge in [-0.05, 0) is 38.9 Å². The molecule has 0 saturated heterocycles. The van der Waals surface area contributed by atoms with Crippen LogP contribution < -0.4 is 10.2 Å². The summed E-state index contributed by atoms with van der Waals surface area (Å²) >= 11 is 0. The summed E-state index contributed by atoms with van der Waals surface area (Å²) < 4.78 is 0. The lowest BCUT2D eigenvalue weighted by Crippen LogP contribution is -2.32. The molecule has 0 atom stereocenters. The summed E-state index contributed by atoms with van der Waals surface area (Å²) in [4.78, 5) is 6.97. The Bertz CT molecular complexity index is 319. The van der Waals surface area contributed by atoms with Gasteiger partial charge in [-0.2, -0.15) is 0 Å². The second-order valence-corrected chi connectivity index (χ2v) is 5.05. The fourth-order valence-corrected chi connectivity index (χ4v) is 2.06. The van der Waals surface area contributed by atoms with Crippen LogP contribution >= 0.6 is 0 Å². The predicted molar refractivity (Wildman–Crippen MR) is 79.0 cm³/mol. The molecule has 1 aromatic rings. The highest BCUT2D eigenvalue weighted by Crippen LogP contribution is 2.15. The van der Waals surface area contributed by atoms with Gasteiger partial charge in [-0.15, -0.1) is 0 Å². The van der Waals surface area contributed by atoms with Crippen LogP contribution in [0.1, 0.15) is 45.6 Å². The summed E-state index contributed by atoms with van der Waals surface area (Å²) in [6, 6.07) is 4.80. The molecule has 0 spiro atoms. The molecule has 0 unspecified atom stereocenters. The molecule has 18 heavy (non-hydrogen) atoms. The van der Waals surface area contributed by atoms with E-state index in [0.717, 1.165) is 18.9 Å². The zero-order chi connectivity index (χ0) is 13.4. The Balaban J connectivity index is 2.66. The van der Waals surface area contributed by atoms with Gasteiger partial charge < -0.3 is 10.2 Å². The van der Waals surface area contributed by atoms with Crippen molar-refractivity contribution in [3.05, 3.63) is 23.9 Å². The summed E-state index contributed by atoms with van der Waals surface area (Å²) in [6.45, 7) is 8.68. The van der Waals surface area contributed by atoms with Crippen molar-refractivity contribution in [3.63, 3.8) is 0 Å². The van der Waals surface area contributed by atoms with Crippen molar-refractivity contribution in [1.29, 1.82) is 0 Å². The van der Waals surface area contributed by atoms with Gasteiger partial charge in [-0.1, -0.05) is 25.8 Å². The number of hydrogen-bond donors (Lipinski definition) is 1. The normalized spacial score (nSPS) is 10.9. The topological polar surface area (TPSA) is 28.2 Å². The van der Waals surface area contributed by atoms with Crippen LogP contribution in [0.4, 0.5) is 5.82 Å². The lowest BCUT2D eigenvalue weighted by Gasteiger charge is -2.28. The van der Waals surface area contributed by atoms with Gasteiger partial charge in [-0.25, -0.2) is 4.98 Å². The van der Waals surface area contributed by atoms with Gasteiger partial charge in [0.1, 0.15) is 5.82 Å². The largest absolute Gasteiger partial charge is 0.354 e. The van der Waals surface area contributed by atoms with Gasteiger partial charge >= 0.3 is 0 Å². The summed E-state index contributed by atoms with van der Waals surface area (Å²) in [6.07, 6.45) is 5.77. The molecule has 3 nitrogen and oxygen atoms in total. The third-order valence-electron chi connectivity index (χ3n) is 3.11. The maximum atomic E-state index is 4.58. The minimum Gasteiger partial charge on any atom is -0.354 e. The third-order valence-corrected chi connectivity index (χ3v) is 3.11. The number of aromatic nitrogens is 1. The molecule has 0 aliphatic rings. The first-order valence-corrected chi connectivity index (χ1v) is 7.05. The molecule has 0 fully saturated rings. The average Bonchev–Trinajstić information content (AvgIpc) is 2.36. The first-order chi connectivity index (χ1) is 8.69. The Hall–Kier alpha value is -1.09. The SMILES string of the molecule is CCCCCN(c1ccc(CNC)cn1)C(C)C. The zero-order valence-corrected chi connectivity index (χ0v) is 12.2. The molecule has 0 saturated carbocycles. The molecular weight excluding hydrogens is 222 g/mol. The fourth-order valence-electron chi connectivity index (χ4n) is 2.06. The molecule has 0 bridgehead atoms. The standard InChI is InChI=1S/C15H27N3/c1-5-6-7-10-18(13(2)3)15-9-8-14(11-16-4)12-17-15/h8-9,12-13,16H,5-7,10-11H2,1-4H3. The molecule has 3 heteroatoms. The molecule has 1 heterocycles. The number of rotatable bonds is 8. The second-order valence-electron chi connectivity index (χ2n) is 5.05. The minimum atomic E-state index is 0.504. The lowest BCUT2D eigenvalue weighted by atomic mass is 10.2. The van der Waals surface area contributed by atoms with Crippen LogP contribution in [0.3, 0.4) is 0 Å². The lowest BCUT2D eigenvalue weighted by molar-refractivity contribution is 0.619. The van der Waals surface area contributed by atoms with E-state index in [9.17, 15) is 0 Å². The predicted octanol–water partition coefficient (Wildman–Crippen LogP) is 3.21. The van der Waals surface area contributed by atoms with Crippen LogP contribution in [-0.2, 0) is 6.54 Å². The van der Waals surface area contributed by atoms with Crippen molar-refractivity contribution in [3.8, 4) is 0 Å². The van der Waals surface area contributed by atoms with E-state index < -0.39 is 0 Å². The smallest absolute Gasteiger partial charge is 0.128 e. The van der Waals surface area contributed by atoms with E-state index in [2.05, 4.69) is 48.1 Å². The van der Waals surface area contributed by atoms with Crippen molar-refractivity contribution in [1.82, 2.24) is 10.3 Å². The second kappa shape index (κ2) is 8.09. The molecule has 0 aromatic carbocycles. The van der Waals surface area contributed by atoms with Crippen molar-refractivity contribution >= 4 is 5.82 Å². The maximum Gasteiger partial charge on any atom is 0.128 e. The van der Waals surface area contributed by atoms with Crippen molar-refractivity contribution in [2.24, 2.45) is 0 Å². The van der Waals surface area contributed by atoms with Crippen molar-refractivity contribution in [2.75, 3.05) is 18.5 Å². The van der Waals surface area contributed by atoms with Crippen LogP contribution in [0.2, 0.25) is 0 Å². The van der Waals surface area contributed by atoms with E-state index in [-0.39, 0.29) is 0 Å². The van der Waals surface area contributed by atoms with E-state index in [1.54, 1.807) is 0 Å². The molecule has 102 valence electrons. The van der Waals surface area contributed by atoms with E-state index >= 15 is 0 Å². The number of unbranched alkanes of at least 4 members (excludes halogenated alkanes) is 2. The monoisotopic (exact) mass is 249 g/mol. The number of nitrogens with one attached hydrogen (secondary N) is 1. The van der Waals surface area contributed by atoms with Crippen LogP contribution in [0.25, 0.3) is 0 Å². The molecule has 1 rings (SSSR count). The van der Waals surface area contributed by atoms with Gasteiger partial charge in [0.05, 0.1) is 0 Å². The van der Waals surface area contributed by atoms with E-state index in [1.165, 1.54) is 24.8 Å². The quantitative estimate of drug-likeness (QED) is 0.717. The van der Waals surface area contributed by atoms with E-state index in [4.69, 9.17) is 0 Å². The third kappa shape index (κ3) is 4.65. The fraction of sp³-hybridized carbons (Fsp3) is 0.667. The van der Waals surface area contributed by atoms with Crippen molar-refractivity contribution < 1.29 is 0 Å². The Morgan fingerprint density at radius 2 is 2.06 bits per heavy atom. The molecular formula is C15H27N3. The first-order valence-electron chi connectivity index (χ1n) is 7.05. The van der Waals surface area contributed by atoms with E-state index in [1.807, 2.05) is 13.2 Å². The van der Waals surface area contributed by atoms with Gasteiger partial charge in [-0.3, -0.25) is 0 Å². The molecule has 1 N–H and O–H groups in total. The molecule has 0 amide bonds. The zero-order valence-electron chi connectivity index (χ0n) is 12.2. The Morgan fingerprint density at radius 1 is 1.28 bits per heavy atom. The highest BCUT2D eigenvalue weighted by atomic mass is 15.2. The van der Waals surface area contributed by atoms with Gasteiger partial charge in [0.2, 0.25) is 0 Å². The Morgan fingerprint density at radius 3 is 2.56 bits per heavy atom. The van der Waals surface area contributed by atoms with E-state index in [0.29, 0.717) is 6.04 Å². The van der Waals surface area contributed by atoms with Crippen LogP contribution in [-0.4, -0.2) is 24.6 Å². The number of hydrogen-bond acceptors (Lipinski definition) is 3. The van der Waals surface area contributed by atoms with Crippen molar-refractivity contribution in [2.45, 2.75) is 52.6 Å². The van der Waals surface area contributed by atoms with Gasteiger partial charge in [0, 0.05) is 25.3 Å². The number of pyridine rings is 1. The summed E-state index contributed by atoms with van der Waals surface area (Å²) in [5.41, 5.74) is 1.23. The van der Waals surface area contributed by atoms with Crippen LogP contribution in [0.5, 0.6) is 0 Å². The first kappa shape index (κ1) is 15.0. The minimum absolute atomic E-state index is 0.504. The average molecular weight is 249 g/mol. The highest BCUT2D eigenvalue weighted by Gasteiger charge is 2.11. The number of anilines is 1. The summed E-state index contributed by atoms with van der Waals surface area (Å²) in [5, 5.41) is 3.14. The highest BCUT2D eigenvalue weighted by molar-refractivity contribution is 5.40. The number of nitrogens with zero attached hydrogens (tertiary/aromatic N) is 2. The Kier molecular flexibility index (Phi) is 6.73. The van der Waals surface area contributed by atoms with Gasteiger partial charge in [0.25, 0.3) is 0 Å². The molecule has 0 aliphatic heterocycles. The van der Waals surface area contributed by atoms with Crippen LogP contribution in [0.15, 0.2) is 18.3 Å². The maximum absolute atomic E-state index is 4.58. The molecule has 0 radical (unpaired) electrons. The van der Waals surface area contributed by atoms with Gasteiger partial charge in [0.15, 0.2) is 0 Å². The summed E-state index contributed by atoms with van der Waals surface area (Å²) in [7, 11) is 1.96. The molecule has 1 aromatic heterocycles. The van der Waals surface area contributed by atoms with Crippen LogP contribution in [0, 0.1) is 0 Å². The Labute approximate surface area is 112 Å².